The van der Waals surface area contributed by atoms with Gasteiger partial charge in [-0.1, -0.05) is 14.4 Å². The monoisotopic (exact) mass is 284 g/mol. The van der Waals surface area contributed by atoms with Gasteiger partial charge in [0.05, 0.1) is 5.69 Å². The number of aryl methyl sites for hydroxylation is 1. The topological polar surface area (TPSA) is 59.3 Å². The zero-order chi connectivity index (χ0) is 10.8. The summed E-state index contributed by atoms with van der Waals surface area (Å²) in [6.45, 7) is 1.98. The predicted molar refractivity (Wildman–Crippen MR) is 66.5 cm³/mol. The van der Waals surface area contributed by atoms with Gasteiger partial charge in [0.1, 0.15) is 4.60 Å². The smallest absolute Gasteiger partial charge is 0.212 e. The van der Waals surface area contributed by atoms with Crippen LogP contribution in [-0.2, 0) is 11.2 Å². The molecule has 0 radical (unpaired) electrons. The SMILES string of the molecule is C.CCc1nc2ccc(Br)nn2c1NC=O. The molecule has 0 bridgehead atoms. The van der Waals surface area contributed by atoms with Crippen molar-refractivity contribution in [3.8, 4) is 0 Å². The Balaban J connectivity index is 0.00000128. The van der Waals surface area contributed by atoms with Crippen molar-refractivity contribution in [2.75, 3.05) is 5.32 Å². The number of carbonyl (C=O) groups is 1. The minimum Gasteiger partial charge on any atom is -0.312 e. The Hall–Kier alpha value is -1.43. The molecule has 16 heavy (non-hydrogen) atoms. The molecule has 2 rings (SSSR count). The highest BCUT2D eigenvalue weighted by Gasteiger charge is 2.10. The lowest BCUT2D eigenvalue weighted by molar-refractivity contribution is -0.105. The Labute approximate surface area is 102 Å². The minimum atomic E-state index is 0. The molecule has 0 saturated carbocycles. The number of nitrogens with one attached hydrogen (secondary N) is 1. The maximum Gasteiger partial charge on any atom is 0.212 e. The quantitative estimate of drug-likeness (QED) is 0.880. The van der Waals surface area contributed by atoms with Crippen molar-refractivity contribution in [2.45, 2.75) is 20.8 Å². The molecular formula is C10H13BrN4O. The van der Waals surface area contributed by atoms with Crippen LogP contribution in [0.15, 0.2) is 16.7 Å². The number of carbonyl (C=O) groups excluding carboxylic acids is 1. The van der Waals surface area contributed by atoms with Gasteiger partial charge in [-0.3, -0.25) is 4.79 Å². The van der Waals surface area contributed by atoms with Crippen molar-refractivity contribution in [1.82, 2.24) is 14.6 Å². The summed E-state index contributed by atoms with van der Waals surface area (Å²) < 4.78 is 2.31. The number of hydrogen-bond donors (Lipinski definition) is 1. The van der Waals surface area contributed by atoms with E-state index >= 15 is 0 Å². The van der Waals surface area contributed by atoms with Crippen LogP contribution in [0.3, 0.4) is 0 Å². The molecular weight excluding hydrogens is 272 g/mol. The van der Waals surface area contributed by atoms with Gasteiger partial charge in [-0.2, -0.15) is 9.61 Å². The van der Waals surface area contributed by atoms with Gasteiger partial charge in [-0.25, -0.2) is 4.98 Å². The molecule has 0 aliphatic carbocycles. The molecule has 1 N–H and O–H groups in total. The predicted octanol–water partition coefficient (Wildman–Crippen LogP) is 2.26. The third-order valence-electron chi connectivity index (χ3n) is 2.05. The Kier molecular flexibility index (Phi) is 4.00. The summed E-state index contributed by atoms with van der Waals surface area (Å²) in [6, 6.07) is 3.65. The van der Waals surface area contributed by atoms with E-state index in [0.717, 1.165) is 17.8 Å². The standard InChI is InChI=1S/C9H9BrN4O.CH4/c1-2-6-9(11-5-15)14-8(12-6)4-3-7(10)13-14;/h3-5H,2H2,1H3,(H,11,15);1H4. The number of rotatable bonds is 3. The van der Waals surface area contributed by atoms with E-state index in [-0.39, 0.29) is 7.43 Å². The maximum absolute atomic E-state index is 10.5. The lowest BCUT2D eigenvalue weighted by Crippen LogP contribution is -2.03. The molecule has 86 valence electrons. The van der Waals surface area contributed by atoms with Crippen LogP contribution >= 0.6 is 15.9 Å². The second-order valence-corrected chi connectivity index (χ2v) is 3.76. The molecule has 0 aliphatic heterocycles. The lowest BCUT2D eigenvalue weighted by atomic mass is 10.3. The molecule has 0 atom stereocenters. The second kappa shape index (κ2) is 5.07. The molecule has 0 spiro atoms. The van der Waals surface area contributed by atoms with E-state index in [4.69, 9.17) is 0 Å². The zero-order valence-corrected chi connectivity index (χ0v) is 9.65. The van der Waals surface area contributed by atoms with Gasteiger partial charge >= 0.3 is 0 Å². The number of amides is 1. The largest absolute Gasteiger partial charge is 0.312 e. The third-order valence-corrected chi connectivity index (χ3v) is 2.47. The van der Waals surface area contributed by atoms with Crippen LogP contribution in [0.1, 0.15) is 20.0 Å². The zero-order valence-electron chi connectivity index (χ0n) is 8.07. The van der Waals surface area contributed by atoms with Crippen molar-refractivity contribution in [3.05, 3.63) is 22.4 Å². The Morgan fingerprint density at radius 2 is 2.31 bits per heavy atom. The molecule has 2 aromatic heterocycles. The average molecular weight is 285 g/mol. The van der Waals surface area contributed by atoms with Crippen molar-refractivity contribution >= 4 is 33.8 Å². The van der Waals surface area contributed by atoms with E-state index in [1.807, 2.05) is 19.1 Å². The number of fused-ring (bicyclic) bond motifs is 1. The summed E-state index contributed by atoms with van der Waals surface area (Å²) >= 11 is 3.27. The van der Waals surface area contributed by atoms with Crippen LogP contribution in [0.5, 0.6) is 0 Å². The molecule has 1 amide bonds. The number of halogens is 1. The van der Waals surface area contributed by atoms with E-state index in [0.29, 0.717) is 16.8 Å². The molecule has 0 fully saturated rings. The first-order valence-electron chi connectivity index (χ1n) is 4.50. The van der Waals surface area contributed by atoms with Crippen LogP contribution in [0, 0.1) is 0 Å². The van der Waals surface area contributed by atoms with Crippen LogP contribution in [0.25, 0.3) is 5.65 Å². The van der Waals surface area contributed by atoms with Gasteiger partial charge in [0.15, 0.2) is 11.5 Å². The second-order valence-electron chi connectivity index (χ2n) is 2.95. The van der Waals surface area contributed by atoms with Gasteiger partial charge in [0, 0.05) is 0 Å². The molecule has 5 nitrogen and oxygen atoms in total. The summed E-state index contributed by atoms with van der Waals surface area (Å²) in [4.78, 5) is 14.8. The van der Waals surface area contributed by atoms with Crippen molar-refractivity contribution in [1.29, 1.82) is 0 Å². The van der Waals surface area contributed by atoms with Gasteiger partial charge in [0.25, 0.3) is 0 Å². The average Bonchev–Trinajstić information content (AvgIpc) is 2.57. The molecule has 2 aromatic rings. The fourth-order valence-corrected chi connectivity index (χ4v) is 1.69. The first-order chi connectivity index (χ1) is 7.26. The van der Waals surface area contributed by atoms with Crippen molar-refractivity contribution in [3.63, 3.8) is 0 Å². The number of imidazole rings is 1. The highest BCUT2D eigenvalue weighted by atomic mass is 79.9. The molecule has 0 unspecified atom stereocenters. The van der Waals surface area contributed by atoms with Crippen LogP contribution in [-0.4, -0.2) is 21.0 Å². The Morgan fingerprint density at radius 3 is 2.94 bits per heavy atom. The lowest BCUT2D eigenvalue weighted by Gasteiger charge is -1.99. The summed E-state index contributed by atoms with van der Waals surface area (Å²) in [5, 5.41) is 6.83. The maximum atomic E-state index is 10.5. The van der Waals surface area contributed by atoms with Crippen molar-refractivity contribution in [2.24, 2.45) is 0 Å². The van der Waals surface area contributed by atoms with Crippen LogP contribution in [0.4, 0.5) is 5.82 Å². The van der Waals surface area contributed by atoms with E-state index in [1.165, 1.54) is 0 Å². The van der Waals surface area contributed by atoms with Crippen LogP contribution < -0.4 is 5.32 Å². The number of anilines is 1. The molecule has 0 saturated heterocycles. The molecule has 0 aromatic carbocycles. The number of hydrogen-bond acceptors (Lipinski definition) is 3. The van der Waals surface area contributed by atoms with Gasteiger partial charge in [-0.15, -0.1) is 0 Å². The Morgan fingerprint density at radius 1 is 1.56 bits per heavy atom. The third kappa shape index (κ3) is 2.06. The van der Waals surface area contributed by atoms with E-state index in [2.05, 4.69) is 31.3 Å². The molecule has 6 heteroatoms. The minimum absolute atomic E-state index is 0. The molecule has 2 heterocycles. The van der Waals surface area contributed by atoms with Gasteiger partial charge in [-0.05, 0) is 34.5 Å². The number of aromatic nitrogens is 3. The fourth-order valence-electron chi connectivity index (χ4n) is 1.40. The fraction of sp³-hybridized carbons (Fsp3) is 0.300. The van der Waals surface area contributed by atoms with Gasteiger partial charge < -0.3 is 5.32 Å². The molecule has 0 aliphatic rings. The van der Waals surface area contributed by atoms with Crippen LogP contribution in [0.2, 0.25) is 0 Å². The first-order valence-corrected chi connectivity index (χ1v) is 5.30. The van der Waals surface area contributed by atoms with Gasteiger partial charge in [0.2, 0.25) is 6.41 Å². The summed E-state index contributed by atoms with van der Waals surface area (Å²) in [5.41, 5.74) is 1.55. The highest BCUT2D eigenvalue weighted by molar-refractivity contribution is 9.10. The highest BCUT2D eigenvalue weighted by Crippen LogP contribution is 2.18. The summed E-state index contributed by atoms with van der Waals surface area (Å²) in [7, 11) is 0. The summed E-state index contributed by atoms with van der Waals surface area (Å²) in [5.74, 6) is 0.629. The Bertz CT molecular complexity index is 509. The van der Waals surface area contributed by atoms with E-state index in [1.54, 1.807) is 4.52 Å². The normalized spacial score (nSPS) is 9.88. The van der Waals surface area contributed by atoms with Crippen molar-refractivity contribution < 1.29 is 4.79 Å². The number of nitrogens with zero attached hydrogens (tertiary/aromatic N) is 3. The van der Waals surface area contributed by atoms with E-state index in [9.17, 15) is 4.79 Å². The first kappa shape index (κ1) is 12.6. The van der Waals surface area contributed by atoms with E-state index < -0.39 is 0 Å². The summed E-state index contributed by atoms with van der Waals surface area (Å²) in [6.07, 6.45) is 1.38.